The normalized spacial score (nSPS) is 16.9. The van der Waals surface area contributed by atoms with Crippen molar-refractivity contribution < 1.29 is 14.6 Å². The number of hydrogen-bond donors (Lipinski definition) is 2. The van der Waals surface area contributed by atoms with Crippen LogP contribution in [0.15, 0.2) is 18.2 Å². The lowest BCUT2D eigenvalue weighted by molar-refractivity contribution is 0.0103. The molecule has 0 spiro atoms. The summed E-state index contributed by atoms with van der Waals surface area (Å²) in [6.45, 7) is 3.63. The van der Waals surface area contributed by atoms with Gasteiger partial charge in [-0.15, -0.1) is 0 Å². The fourth-order valence-corrected chi connectivity index (χ4v) is 1.61. The van der Waals surface area contributed by atoms with Crippen molar-refractivity contribution in [3.8, 4) is 0 Å². The summed E-state index contributed by atoms with van der Waals surface area (Å²) in [5.74, 6) is -1.00. The van der Waals surface area contributed by atoms with Gasteiger partial charge in [-0.1, -0.05) is 6.07 Å². The Labute approximate surface area is 99.2 Å². The number of nitrogens with one attached hydrogen (secondary N) is 1. The summed E-state index contributed by atoms with van der Waals surface area (Å²) in [6, 6.07) is 4.99. The van der Waals surface area contributed by atoms with E-state index in [4.69, 9.17) is 9.84 Å². The van der Waals surface area contributed by atoms with Gasteiger partial charge in [0.25, 0.3) is 0 Å². The van der Waals surface area contributed by atoms with Crippen LogP contribution in [-0.2, 0) is 11.3 Å². The van der Waals surface area contributed by atoms with Gasteiger partial charge in [0.2, 0.25) is 0 Å². The molecule has 2 N–H and O–H groups in total. The van der Waals surface area contributed by atoms with Crippen LogP contribution in [0.4, 0.5) is 0 Å². The number of pyridine rings is 1. The van der Waals surface area contributed by atoms with E-state index in [1.165, 1.54) is 6.07 Å². The van der Waals surface area contributed by atoms with Crippen LogP contribution in [0.5, 0.6) is 0 Å². The summed E-state index contributed by atoms with van der Waals surface area (Å²) in [7, 11) is 0. The van der Waals surface area contributed by atoms with E-state index in [9.17, 15) is 4.79 Å². The maximum atomic E-state index is 10.7. The lowest BCUT2D eigenvalue weighted by Gasteiger charge is -2.27. The largest absolute Gasteiger partial charge is 0.477 e. The highest BCUT2D eigenvalue weighted by molar-refractivity contribution is 5.85. The zero-order valence-corrected chi connectivity index (χ0v) is 9.43. The first-order valence-electron chi connectivity index (χ1n) is 5.51. The Morgan fingerprint density at radius 2 is 2.24 bits per heavy atom. The van der Waals surface area contributed by atoms with Crippen molar-refractivity contribution in [2.24, 2.45) is 0 Å². The predicted molar refractivity (Wildman–Crippen MR) is 60.4 cm³/mol. The first kappa shape index (κ1) is 12.0. The summed E-state index contributed by atoms with van der Waals surface area (Å²) >= 11 is 0. The van der Waals surface area contributed by atoms with E-state index in [0.717, 1.165) is 32.0 Å². The van der Waals surface area contributed by atoms with Crippen molar-refractivity contribution in [2.75, 3.05) is 26.3 Å². The third-order valence-corrected chi connectivity index (χ3v) is 2.52. The number of aromatic nitrogens is 1. The molecule has 1 aliphatic rings. The van der Waals surface area contributed by atoms with Crippen molar-refractivity contribution in [2.45, 2.75) is 6.54 Å². The Morgan fingerprint density at radius 1 is 1.47 bits per heavy atom. The molecule has 0 amide bonds. The quantitative estimate of drug-likeness (QED) is 0.774. The van der Waals surface area contributed by atoms with Crippen molar-refractivity contribution in [3.63, 3.8) is 0 Å². The summed E-state index contributed by atoms with van der Waals surface area (Å²) < 4.78 is 5.23. The molecule has 0 aromatic carbocycles. The molecule has 1 saturated heterocycles. The lowest BCUT2D eigenvalue weighted by atomic mass is 10.3. The number of nitrogens with zero attached hydrogens (tertiary/aromatic N) is 2. The second-order valence-corrected chi connectivity index (χ2v) is 3.75. The van der Waals surface area contributed by atoms with E-state index in [1.54, 1.807) is 12.1 Å². The smallest absolute Gasteiger partial charge is 0.354 e. The molecule has 0 atom stereocenters. The molecule has 0 aliphatic carbocycles. The third-order valence-electron chi connectivity index (χ3n) is 2.52. The molecule has 17 heavy (non-hydrogen) atoms. The first-order chi connectivity index (χ1) is 8.25. The molecule has 6 nitrogen and oxygen atoms in total. The van der Waals surface area contributed by atoms with Crippen molar-refractivity contribution in [1.82, 2.24) is 15.4 Å². The molecule has 1 aromatic rings. The molecule has 6 heteroatoms. The van der Waals surface area contributed by atoms with Crippen molar-refractivity contribution in [3.05, 3.63) is 29.6 Å². The molecule has 1 aliphatic heterocycles. The maximum Gasteiger partial charge on any atom is 0.354 e. The maximum absolute atomic E-state index is 10.7. The predicted octanol–water partition coefficient (Wildman–Crippen LogP) is 0.117. The Morgan fingerprint density at radius 3 is 2.94 bits per heavy atom. The number of hydrazine groups is 1. The lowest BCUT2D eigenvalue weighted by Crippen LogP contribution is -2.45. The van der Waals surface area contributed by atoms with E-state index in [0.29, 0.717) is 6.54 Å². The van der Waals surface area contributed by atoms with Gasteiger partial charge in [-0.2, -0.15) is 0 Å². The van der Waals surface area contributed by atoms with E-state index < -0.39 is 5.97 Å². The van der Waals surface area contributed by atoms with Gasteiger partial charge in [-0.25, -0.2) is 20.2 Å². The minimum Gasteiger partial charge on any atom is -0.477 e. The van der Waals surface area contributed by atoms with Gasteiger partial charge in [0, 0.05) is 13.1 Å². The van der Waals surface area contributed by atoms with Crippen LogP contribution in [0.25, 0.3) is 0 Å². The number of hydrogen-bond acceptors (Lipinski definition) is 5. The second-order valence-electron chi connectivity index (χ2n) is 3.75. The zero-order valence-electron chi connectivity index (χ0n) is 9.43. The van der Waals surface area contributed by atoms with Crippen LogP contribution in [0, 0.1) is 0 Å². The fourth-order valence-electron chi connectivity index (χ4n) is 1.61. The Kier molecular flexibility index (Phi) is 4.03. The highest BCUT2D eigenvalue weighted by Gasteiger charge is 2.10. The third kappa shape index (κ3) is 3.48. The number of carboxylic acid groups (broad SMARTS) is 1. The second kappa shape index (κ2) is 5.72. The monoisotopic (exact) mass is 237 g/mol. The van der Waals surface area contributed by atoms with Crippen LogP contribution in [0.3, 0.4) is 0 Å². The number of rotatable bonds is 4. The molecular weight excluding hydrogens is 222 g/mol. The van der Waals surface area contributed by atoms with Crippen LogP contribution < -0.4 is 5.43 Å². The highest BCUT2D eigenvalue weighted by atomic mass is 16.5. The van der Waals surface area contributed by atoms with Crippen molar-refractivity contribution in [1.29, 1.82) is 0 Å². The molecule has 0 radical (unpaired) electrons. The molecule has 0 bridgehead atoms. The summed E-state index contributed by atoms with van der Waals surface area (Å²) in [5.41, 5.74) is 4.00. The van der Waals surface area contributed by atoms with E-state index >= 15 is 0 Å². The molecule has 92 valence electrons. The summed E-state index contributed by atoms with van der Waals surface area (Å²) in [4.78, 5) is 14.8. The van der Waals surface area contributed by atoms with Gasteiger partial charge in [0.05, 0.1) is 25.5 Å². The average molecular weight is 237 g/mol. The van der Waals surface area contributed by atoms with Crippen LogP contribution in [0.1, 0.15) is 16.2 Å². The molecule has 1 fully saturated rings. The van der Waals surface area contributed by atoms with Gasteiger partial charge in [0.15, 0.2) is 0 Å². The number of ether oxygens (including phenoxy) is 1. The van der Waals surface area contributed by atoms with Gasteiger partial charge in [-0.3, -0.25) is 0 Å². The van der Waals surface area contributed by atoms with Crippen LogP contribution in [0.2, 0.25) is 0 Å². The Hall–Kier alpha value is -1.50. The van der Waals surface area contributed by atoms with Gasteiger partial charge in [0.1, 0.15) is 5.69 Å². The SMILES string of the molecule is O=C(O)c1cccc(CNN2CCOCC2)n1. The van der Waals surface area contributed by atoms with Crippen molar-refractivity contribution >= 4 is 5.97 Å². The molecule has 0 unspecified atom stereocenters. The van der Waals surface area contributed by atoms with E-state index in [2.05, 4.69) is 15.4 Å². The van der Waals surface area contributed by atoms with Gasteiger partial charge < -0.3 is 9.84 Å². The topological polar surface area (TPSA) is 74.7 Å². The van der Waals surface area contributed by atoms with Gasteiger partial charge in [-0.05, 0) is 12.1 Å². The van der Waals surface area contributed by atoms with E-state index in [1.807, 2.05) is 0 Å². The number of carbonyl (C=O) groups is 1. The Balaban J connectivity index is 1.89. The van der Waals surface area contributed by atoms with Gasteiger partial charge >= 0.3 is 5.97 Å². The number of carboxylic acids is 1. The highest BCUT2D eigenvalue weighted by Crippen LogP contribution is 2.00. The summed E-state index contributed by atoms with van der Waals surface area (Å²) in [6.07, 6.45) is 0. The zero-order chi connectivity index (χ0) is 12.1. The van der Waals surface area contributed by atoms with Crippen LogP contribution >= 0.6 is 0 Å². The van der Waals surface area contributed by atoms with E-state index in [-0.39, 0.29) is 5.69 Å². The molecule has 2 rings (SSSR count). The molecule has 1 aromatic heterocycles. The average Bonchev–Trinajstić information content (AvgIpc) is 2.38. The van der Waals surface area contributed by atoms with Crippen LogP contribution in [-0.4, -0.2) is 47.4 Å². The number of morpholine rings is 1. The fraction of sp³-hybridized carbons (Fsp3) is 0.455. The number of aromatic carboxylic acids is 1. The standard InChI is InChI=1S/C11H15N3O3/c15-11(16)10-3-1-2-9(13-10)8-12-14-4-6-17-7-5-14/h1-3,12H,4-8H2,(H,15,16). The summed E-state index contributed by atoms with van der Waals surface area (Å²) in [5, 5.41) is 10.9. The Bertz CT molecular complexity index is 391. The molecular formula is C11H15N3O3. The minimum absolute atomic E-state index is 0.0753. The molecule has 2 heterocycles. The minimum atomic E-state index is -1.00. The first-order valence-corrected chi connectivity index (χ1v) is 5.51. The molecule has 0 saturated carbocycles.